The van der Waals surface area contributed by atoms with Crippen molar-refractivity contribution in [3.63, 3.8) is 0 Å². The molecule has 1 aromatic carbocycles. The Kier molecular flexibility index (Phi) is 5.40. The maximum atomic E-state index is 12.1. The number of thioether (sulfide) groups is 1. The molecule has 21 heavy (non-hydrogen) atoms. The minimum atomic E-state index is -0.259. The van der Waals surface area contributed by atoms with E-state index in [0.29, 0.717) is 0 Å². The van der Waals surface area contributed by atoms with Crippen LogP contribution in [0.5, 0.6) is 5.75 Å². The first-order valence-corrected chi connectivity index (χ1v) is 7.95. The number of hydrogen-bond acceptors (Lipinski definition) is 7. The molecule has 0 aliphatic rings. The van der Waals surface area contributed by atoms with E-state index < -0.39 is 0 Å². The number of nitrogens with zero attached hydrogens (tertiary/aromatic N) is 2. The summed E-state index contributed by atoms with van der Waals surface area (Å²) in [5.41, 5.74) is 0.737. The molecular weight excluding hydrogens is 308 g/mol. The van der Waals surface area contributed by atoms with Gasteiger partial charge in [-0.3, -0.25) is 4.79 Å². The summed E-state index contributed by atoms with van der Waals surface area (Å²) >= 11 is 2.81. The summed E-state index contributed by atoms with van der Waals surface area (Å²) in [6.45, 7) is 1.84. The quantitative estimate of drug-likeness (QED) is 0.796. The zero-order valence-electron chi connectivity index (χ0n) is 11.9. The number of nitrogens with one attached hydrogen (secondary N) is 2. The van der Waals surface area contributed by atoms with E-state index >= 15 is 0 Å². The first-order valence-electron chi connectivity index (χ1n) is 6.25. The van der Waals surface area contributed by atoms with Crippen LogP contribution in [0, 0.1) is 0 Å². The minimum Gasteiger partial charge on any atom is -0.497 e. The van der Waals surface area contributed by atoms with E-state index in [1.165, 1.54) is 23.1 Å². The van der Waals surface area contributed by atoms with Crippen molar-refractivity contribution in [2.75, 3.05) is 24.8 Å². The zero-order chi connectivity index (χ0) is 15.2. The summed E-state index contributed by atoms with van der Waals surface area (Å²) in [4.78, 5) is 12.1. The first-order chi connectivity index (χ1) is 10.1. The van der Waals surface area contributed by atoms with Crippen LogP contribution in [0.4, 0.5) is 10.8 Å². The van der Waals surface area contributed by atoms with Gasteiger partial charge in [0.2, 0.25) is 11.0 Å². The number of amides is 1. The molecule has 0 aliphatic carbocycles. The molecule has 0 bridgehead atoms. The van der Waals surface area contributed by atoms with Crippen LogP contribution in [0.25, 0.3) is 0 Å². The van der Waals surface area contributed by atoms with Gasteiger partial charge < -0.3 is 15.4 Å². The van der Waals surface area contributed by atoms with Crippen molar-refractivity contribution in [1.82, 2.24) is 10.2 Å². The number of carbonyl (C=O) groups is 1. The molecule has 1 aromatic heterocycles. The Morgan fingerprint density at radius 1 is 1.33 bits per heavy atom. The van der Waals surface area contributed by atoms with E-state index in [0.717, 1.165) is 20.9 Å². The predicted molar refractivity (Wildman–Crippen MR) is 86.4 cm³/mol. The molecule has 0 spiro atoms. The third-order valence-corrected chi connectivity index (χ3v) is 4.75. The molecule has 0 unspecified atom stereocenters. The van der Waals surface area contributed by atoms with E-state index in [1.807, 2.05) is 6.92 Å². The lowest BCUT2D eigenvalue weighted by Gasteiger charge is -2.10. The number of hydrogen-bond donors (Lipinski definition) is 2. The zero-order valence-corrected chi connectivity index (χ0v) is 13.5. The smallest absolute Gasteiger partial charge is 0.237 e. The van der Waals surface area contributed by atoms with Crippen LogP contribution in [0.15, 0.2) is 28.6 Å². The van der Waals surface area contributed by atoms with Crippen molar-refractivity contribution in [3.8, 4) is 5.75 Å². The molecule has 0 saturated heterocycles. The molecule has 2 rings (SSSR count). The van der Waals surface area contributed by atoms with E-state index in [2.05, 4.69) is 20.8 Å². The number of methoxy groups -OCH3 is 1. The normalized spacial score (nSPS) is 11.8. The fourth-order valence-electron chi connectivity index (χ4n) is 1.48. The monoisotopic (exact) mass is 324 g/mol. The number of anilines is 2. The van der Waals surface area contributed by atoms with Gasteiger partial charge in [0, 0.05) is 12.7 Å². The van der Waals surface area contributed by atoms with Gasteiger partial charge in [-0.2, -0.15) is 0 Å². The maximum absolute atomic E-state index is 12.1. The first kappa shape index (κ1) is 15.6. The molecule has 1 atom stereocenters. The highest BCUT2D eigenvalue weighted by molar-refractivity contribution is 8.02. The lowest BCUT2D eigenvalue weighted by Crippen LogP contribution is -2.22. The van der Waals surface area contributed by atoms with Crippen LogP contribution in [0.3, 0.4) is 0 Å². The van der Waals surface area contributed by atoms with Crippen LogP contribution in [-0.4, -0.2) is 35.5 Å². The van der Waals surface area contributed by atoms with Crippen molar-refractivity contribution in [1.29, 1.82) is 0 Å². The van der Waals surface area contributed by atoms with E-state index in [1.54, 1.807) is 38.4 Å². The molecule has 2 aromatic rings. The van der Waals surface area contributed by atoms with Gasteiger partial charge in [0.25, 0.3) is 0 Å². The van der Waals surface area contributed by atoms with Crippen LogP contribution in [0.2, 0.25) is 0 Å². The van der Waals surface area contributed by atoms with Crippen LogP contribution >= 0.6 is 23.1 Å². The van der Waals surface area contributed by atoms with Gasteiger partial charge in [0.05, 0.1) is 12.4 Å². The van der Waals surface area contributed by atoms with Crippen molar-refractivity contribution in [2.24, 2.45) is 0 Å². The van der Waals surface area contributed by atoms with Gasteiger partial charge in [-0.25, -0.2) is 0 Å². The Hall–Kier alpha value is -1.80. The standard InChI is InChI=1S/C13H16N4O2S2/c1-8(20-13-17-16-12(14-2)21-13)11(18)15-9-4-6-10(19-3)7-5-9/h4-8H,1-3H3,(H,14,16)(H,15,18)/t8-/m1/s1. The Balaban J connectivity index is 1.92. The van der Waals surface area contributed by atoms with Crippen LogP contribution in [0.1, 0.15) is 6.92 Å². The van der Waals surface area contributed by atoms with Crippen LogP contribution in [-0.2, 0) is 4.79 Å². The van der Waals surface area contributed by atoms with E-state index in [9.17, 15) is 4.79 Å². The molecular formula is C13H16N4O2S2. The van der Waals surface area contributed by atoms with Gasteiger partial charge in [0.1, 0.15) is 5.75 Å². The highest BCUT2D eigenvalue weighted by atomic mass is 32.2. The minimum absolute atomic E-state index is 0.0774. The molecule has 0 saturated carbocycles. The summed E-state index contributed by atoms with van der Waals surface area (Å²) in [6.07, 6.45) is 0. The summed E-state index contributed by atoms with van der Waals surface area (Å²) in [5, 5.41) is 14.2. The average Bonchev–Trinajstić information content (AvgIpc) is 2.95. The second kappa shape index (κ2) is 7.28. The molecule has 6 nitrogen and oxygen atoms in total. The third-order valence-electron chi connectivity index (χ3n) is 2.62. The van der Waals surface area contributed by atoms with Gasteiger partial charge in [-0.05, 0) is 31.2 Å². The highest BCUT2D eigenvalue weighted by Crippen LogP contribution is 2.29. The highest BCUT2D eigenvalue weighted by Gasteiger charge is 2.17. The van der Waals surface area contributed by atoms with Crippen molar-refractivity contribution >= 4 is 39.8 Å². The second-order valence-electron chi connectivity index (χ2n) is 4.10. The number of carbonyl (C=O) groups excluding carboxylic acids is 1. The molecule has 112 valence electrons. The molecule has 1 amide bonds. The van der Waals surface area contributed by atoms with Gasteiger partial charge in [0.15, 0.2) is 4.34 Å². The molecule has 8 heteroatoms. The molecule has 0 radical (unpaired) electrons. The largest absolute Gasteiger partial charge is 0.497 e. The van der Waals surface area contributed by atoms with Crippen LogP contribution < -0.4 is 15.4 Å². The predicted octanol–water partition coefficient (Wildman–Crippen LogP) is 2.71. The third kappa shape index (κ3) is 4.33. The lowest BCUT2D eigenvalue weighted by molar-refractivity contribution is -0.115. The Morgan fingerprint density at radius 3 is 2.62 bits per heavy atom. The van der Waals surface area contributed by atoms with Crippen molar-refractivity contribution < 1.29 is 9.53 Å². The lowest BCUT2D eigenvalue weighted by atomic mass is 10.3. The van der Waals surface area contributed by atoms with Gasteiger partial charge in [-0.1, -0.05) is 23.1 Å². The topological polar surface area (TPSA) is 76.1 Å². The molecule has 0 fully saturated rings. The average molecular weight is 324 g/mol. The Bertz CT molecular complexity index is 600. The maximum Gasteiger partial charge on any atom is 0.237 e. The number of ether oxygens (including phenoxy) is 1. The number of benzene rings is 1. The van der Waals surface area contributed by atoms with Crippen molar-refractivity contribution in [3.05, 3.63) is 24.3 Å². The number of rotatable bonds is 6. The van der Waals surface area contributed by atoms with Gasteiger partial charge in [-0.15, -0.1) is 10.2 Å². The van der Waals surface area contributed by atoms with E-state index in [4.69, 9.17) is 4.74 Å². The molecule has 2 N–H and O–H groups in total. The molecule has 0 aliphatic heterocycles. The summed E-state index contributed by atoms with van der Waals surface area (Å²) in [7, 11) is 3.39. The number of aromatic nitrogens is 2. The second-order valence-corrected chi connectivity index (χ2v) is 6.67. The van der Waals surface area contributed by atoms with Gasteiger partial charge >= 0.3 is 0 Å². The fraction of sp³-hybridized carbons (Fsp3) is 0.308. The van der Waals surface area contributed by atoms with E-state index in [-0.39, 0.29) is 11.2 Å². The Labute approximate surface area is 131 Å². The summed E-state index contributed by atoms with van der Waals surface area (Å²) in [5.74, 6) is 0.676. The molecule has 1 heterocycles. The summed E-state index contributed by atoms with van der Waals surface area (Å²) < 4.78 is 5.84. The summed E-state index contributed by atoms with van der Waals surface area (Å²) in [6, 6.07) is 7.21. The fourth-order valence-corrected chi connectivity index (χ4v) is 3.33. The Morgan fingerprint density at radius 2 is 2.05 bits per heavy atom. The SMILES string of the molecule is CNc1nnc(S[C@H](C)C(=O)Nc2ccc(OC)cc2)s1. The van der Waals surface area contributed by atoms with Crippen molar-refractivity contribution in [2.45, 2.75) is 16.5 Å².